The van der Waals surface area contributed by atoms with Gasteiger partial charge in [-0.3, -0.25) is 0 Å². The summed E-state index contributed by atoms with van der Waals surface area (Å²) in [5.41, 5.74) is 0.972. The topological polar surface area (TPSA) is 18.5 Å². The van der Waals surface area contributed by atoms with Gasteiger partial charge in [-0.2, -0.15) is 0 Å². The minimum Gasteiger partial charge on any atom is -0.493 e. The number of thiophene rings is 1. The molecule has 2 aromatic rings. The molecule has 0 aliphatic carbocycles. The summed E-state index contributed by atoms with van der Waals surface area (Å²) in [5, 5.41) is 1.30. The first-order valence-electron chi connectivity index (χ1n) is 5.43. The fraction of sp³-hybridized carbons (Fsp3) is 0.231. The molecule has 1 aromatic heterocycles. The van der Waals surface area contributed by atoms with Gasteiger partial charge < -0.3 is 9.47 Å². The molecule has 0 amide bonds. The third-order valence-electron chi connectivity index (χ3n) is 2.45. The molecule has 0 fully saturated rings. The second-order valence-electron chi connectivity index (χ2n) is 3.72. The van der Waals surface area contributed by atoms with Crippen LogP contribution in [0.1, 0.15) is 10.4 Å². The lowest BCUT2D eigenvalue weighted by molar-refractivity contribution is 0.285. The summed E-state index contributed by atoms with van der Waals surface area (Å²) in [6.07, 6.45) is 0. The highest BCUT2D eigenvalue weighted by Crippen LogP contribution is 2.36. The molecule has 2 nitrogen and oxygen atoms in total. The molecule has 0 bridgehead atoms. The number of benzene rings is 1. The van der Waals surface area contributed by atoms with E-state index in [9.17, 15) is 0 Å². The number of alkyl halides is 1. The van der Waals surface area contributed by atoms with Gasteiger partial charge in [0.15, 0.2) is 11.5 Å². The summed E-state index contributed by atoms with van der Waals surface area (Å²) in [5.74, 6) is 1.38. The van der Waals surface area contributed by atoms with Crippen molar-refractivity contribution in [3.8, 4) is 11.5 Å². The van der Waals surface area contributed by atoms with Crippen molar-refractivity contribution >= 4 is 54.8 Å². The summed E-state index contributed by atoms with van der Waals surface area (Å²) in [6, 6.07) is 7.67. The van der Waals surface area contributed by atoms with Crippen molar-refractivity contribution in [3.05, 3.63) is 43.5 Å². The van der Waals surface area contributed by atoms with E-state index >= 15 is 0 Å². The van der Waals surface area contributed by atoms with Gasteiger partial charge in [-0.25, -0.2) is 0 Å². The van der Waals surface area contributed by atoms with E-state index in [1.165, 1.54) is 0 Å². The van der Waals surface area contributed by atoms with Crippen LogP contribution in [-0.2, 0) is 11.9 Å². The molecule has 19 heavy (non-hydrogen) atoms. The Labute approximate surface area is 137 Å². The molecule has 2 rings (SSSR count). The van der Waals surface area contributed by atoms with Crippen LogP contribution < -0.4 is 9.47 Å². The van der Waals surface area contributed by atoms with Crippen molar-refractivity contribution in [2.24, 2.45) is 0 Å². The quantitative estimate of drug-likeness (QED) is 0.576. The van der Waals surface area contributed by atoms with E-state index in [4.69, 9.17) is 21.1 Å². The van der Waals surface area contributed by atoms with E-state index in [1.807, 2.05) is 18.2 Å². The first kappa shape index (κ1) is 15.2. The molecule has 0 atom stereocenters. The predicted octanol–water partition coefficient (Wildman–Crippen LogP) is 5.65. The van der Waals surface area contributed by atoms with Gasteiger partial charge in [-0.05, 0) is 34.1 Å². The molecule has 6 heteroatoms. The van der Waals surface area contributed by atoms with Crippen molar-refractivity contribution in [3.63, 3.8) is 0 Å². The minimum absolute atomic E-state index is 0.508. The largest absolute Gasteiger partial charge is 0.493 e. The van der Waals surface area contributed by atoms with Gasteiger partial charge in [0.2, 0.25) is 0 Å². The zero-order valence-electron chi connectivity index (χ0n) is 10.1. The molecule has 0 saturated carbocycles. The monoisotopic (exact) mass is 424 g/mol. The van der Waals surface area contributed by atoms with Crippen molar-refractivity contribution in [2.45, 2.75) is 11.9 Å². The third kappa shape index (κ3) is 3.88. The molecule has 102 valence electrons. The summed E-state index contributed by atoms with van der Waals surface area (Å²) >= 11 is 14.6. The molecule has 0 aliphatic rings. The molecule has 0 unspecified atom stereocenters. The zero-order chi connectivity index (χ0) is 13.8. The van der Waals surface area contributed by atoms with Gasteiger partial charge in [-0.15, -0.1) is 11.3 Å². The average Bonchev–Trinajstić information content (AvgIpc) is 2.81. The fourth-order valence-electron chi connectivity index (χ4n) is 1.61. The number of ether oxygens (including phenoxy) is 2. The Kier molecular flexibility index (Phi) is 5.57. The first-order valence-corrected chi connectivity index (χ1v) is 8.54. The van der Waals surface area contributed by atoms with Gasteiger partial charge in [0, 0.05) is 26.9 Å². The van der Waals surface area contributed by atoms with Gasteiger partial charge >= 0.3 is 0 Å². The van der Waals surface area contributed by atoms with Crippen LogP contribution >= 0.6 is 54.8 Å². The van der Waals surface area contributed by atoms with E-state index < -0.39 is 0 Å². The second kappa shape index (κ2) is 6.97. The Balaban J connectivity index is 2.23. The molecule has 0 saturated heterocycles. The van der Waals surface area contributed by atoms with Crippen LogP contribution in [0.3, 0.4) is 0 Å². The Morgan fingerprint density at radius 3 is 2.68 bits per heavy atom. The predicted molar refractivity (Wildman–Crippen MR) is 87.0 cm³/mol. The molecule has 1 heterocycles. The maximum absolute atomic E-state index is 6.04. The Hall–Kier alpha value is -0.230. The number of halogens is 3. The maximum atomic E-state index is 6.04. The molecule has 0 radical (unpaired) electrons. The van der Waals surface area contributed by atoms with Crippen molar-refractivity contribution < 1.29 is 9.47 Å². The SMILES string of the molecule is COc1cc(Cl)cc(CBr)c1OCc1ccc(Br)s1. The average molecular weight is 427 g/mol. The van der Waals surface area contributed by atoms with Crippen molar-refractivity contribution in [1.29, 1.82) is 0 Å². The van der Waals surface area contributed by atoms with Crippen LogP contribution in [0.15, 0.2) is 28.1 Å². The van der Waals surface area contributed by atoms with Crippen LogP contribution in [-0.4, -0.2) is 7.11 Å². The standard InChI is InChI=1S/C13H11Br2ClO2S/c1-17-11-5-9(16)4-8(6-14)13(11)18-7-10-2-3-12(15)19-10/h2-5H,6-7H2,1H3. The van der Waals surface area contributed by atoms with Gasteiger partial charge in [0.25, 0.3) is 0 Å². The van der Waals surface area contributed by atoms with E-state index in [1.54, 1.807) is 24.5 Å². The van der Waals surface area contributed by atoms with Crippen LogP contribution in [0, 0.1) is 0 Å². The highest BCUT2D eigenvalue weighted by atomic mass is 79.9. The highest BCUT2D eigenvalue weighted by Gasteiger charge is 2.12. The maximum Gasteiger partial charge on any atom is 0.165 e. The molecule has 0 aliphatic heterocycles. The third-order valence-corrected chi connectivity index (χ3v) is 4.87. The number of methoxy groups -OCH3 is 1. The lowest BCUT2D eigenvalue weighted by atomic mass is 10.2. The first-order chi connectivity index (χ1) is 9.13. The zero-order valence-corrected chi connectivity index (χ0v) is 14.8. The second-order valence-corrected chi connectivity index (χ2v) is 7.27. The van der Waals surface area contributed by atoms with Gasteiger partial charge in [0.1, 0.15) is 6.61 Å². The van der Waals surface area contributed by atoms with Crippen LogP contribution in [0.2, 0.25) is 5.02 Å². The lowest BCUT2D eigenvalue weighted by Gasteiger charge is -2.14. The molecule has 0 N–H and O–H groups in total. The van der Waals surface area contributed by atoms with E-state index in [0.717, 1.165) is 20.0 Å². The Bertz CT molecular complexity index is 547. The van der Waals surface area contributed by atoms with Crippen molar-refractivity contribution in [2.75, 3.05) is 7.11 Å². The highest BCUT2D eigenvalue weighted by molar-refractivity contribution is 9.11. The van der Waals surface area contributed by atoms with Crippen LogP contribution in [0.4, 0.5) is 0 Å². The van der Waals surface area contributed by atoms with E-state index in [0.29, 0.717) is 22.7 Å². The molecular weight excluding hydrogens is 415 g/mol. The molecular formula is C13H11Br2ClO2S. The fourth-order valence-corrected chi connectivity index (χ4v) is 3.65. The normalized spacial score (nSPS) is 10.5. The van der Waals surface area contributed by atoms with Gasteiger partial charge in [0.05, 0.1) is 10.9 Å². The van der Waals surface area contributed by atoms with Crippen LogP contribution in [0.5, 0.6) is 11.5 Å². The van der Waals surface area contributed by atoms with Crippen LogP contribution in [0.25, 0.3) is 0 Å². The lowest BCUT2D eigenvalue weighted by Crippen LogP contribution is -1.99. The van der Waals surface area contributed by atoms with Gasteiger partial charge in [-0.1, -0.05) is 27.5 Å². The minimum atomic E-state index is 0.508. The summed E-state index contributed by atoms with van der Waals surface area (Å²) in [4.78, 5) is 1.14. The summed E-state index contributed by atoms with van der Waals surface area (Å²) in [6.45, 7) is 0.508. The number of rotatable bonds is 5. The summed E-state index contributed by atoms with van der Waals surface area (Å²) in [7, 11) is 1.61. The van der Waals surface area contributed by atoms with E-state index in [-0.39, 0.29) is 0 Å². The van der Waals surface area contributed by atoms with Crippen molar-refractivity contribution in [1.82, 2.24) is 0 Å². The summed E-state index contributed by atoms with van der Waals surface area (Å²) < 4.78 is 12.3. The Morgan fingerprint density at radius 2 is 2.11 bits per heavy atom. The molecule has 0 spiro atoms. The number of hydrogen-bond donors (Lipinski definition) is 0. The smallest absolute Gasteiger partial charge is 0.165 e. The Morgan fingerprint density at radius 1 is 1.32 bits per heavy atom. The molecule has 1 aromatic carbocycles. The van der Waals surface area contributed by atoms with E-state index in [2.05, 4.69) is 31.9 Å². The number of hydrogen-bond acceptors (Lipinski definition) is 3.